The molecule has 0 aromatic heterocycles. The molecule has 4 heteroatoms. The average molecular weight is 233 g/mol. The second-order valence-electron chi connectivity index (χ2n) is 4.09. The highest BCUT2D eigenvalue weighted by Gasteiger charge is 2.09. The number of methoxy groups -OCH3 is 1. The Balaban J connectivity index is 2.57. The summed E-state index contributed by atoms with van der Waals surface area (Å²) in [7, 11) is 5.65. The quantitative estimate of drug-likeness (QED) is 0.807. The van der Waals surface area contributed by atoms with Crippen molar-refractivity contribution in [3.05, 3.63) is 29.8 Å². The molecule has 0 radical (unpaired) electrons. The smallest absolute Gasteiger partial charge is 0.121 e. The van der Waals surface area contributed by atoms with Gasteiger partial charge in [-0.2, -0.15) is 5.26 Å². The van der Waals surface area contributed by atoms with Crippen molar-refractivity contribution in [2.45, 2.75) is 6.04 Å². The van der Waals surface area contributed by atoms with Crippen LogP contribution in [0.1, 0.15) is 11.6 Å². The van der Waals surface area contributed by atoms with E-state index in [1.165, 1.54) is 0 Å². The fraction of sp³-hybridized carbons (Fsp3) is 0.462. The monoisotopic (exact) mass is 233 g/mol. The van der Waals surface area contributed by atoms with E-state index in [1.807, 2.05) is 38.4 Å². The van der Waals surface area contributed by atoms with Gasteiger partial charge in [0.1, 0.15) is 11.8 Å². The summed E-state index contributed by atoms with van der Waals surface area (Å²) in [6, 6.07) is 9.56. The van der Waals surface area contributed by atoms with Crippen molar-refractivity contribution in [1.82, 2.24) is 10.2 Å². The van der Waals surface area contributed by atoms with Crippen LogP contribution in [0, 0.1) is 11.3 Å². The van der Waals surface area contributed by atoms with E-state index in [2.05, 4.69) is 16.3 Å². The number of hydrogen-bond donors (Lipinski definition) is 1. The minimum Gasteiger partial charge on any atom is -0.497 e. The first-order valence-electron chi connectivity index (χ1n) is 5.59. The lowest BCUT2D eigenvalue weighted by Gasteiger charge is -2.14. The van der Waals surface area contributed by atoms with E-state index < -0.39 is 0 Å². The summed E-state index contributed by atoms with van der Waals surface area (Å²) in [5, 5.41) is 12.3. The van der Waals surface area contributed by atoms with Gasteiger partial charge in [-0.3, -0.25) is 5.32 Å². The average Bonchev–Trinajstić information content (AvgIpc) is 2.34. The fourth-order valence-electron chi connectivity index (χ4n) is 1.47. The van der Waals surface area contributed by atoms with Gasteiger partial charge in [-0.25, -0.2) is 0 Å². The van der Waals surface area contributed by atoms with Crippen molar-refractivity contribution in [1.29, 1.82) is 5.26 Å². The first-order valence-corrected chi connectivity index (χ1v) is 5.59. The van der Waals surface area contributed by atoms with E-state index in [1.54, 1.807) is 7.11 Å². The minimum absolute atomic E-state index is 0.263. The van der Waals surface area contributed by atoms with Crippen LogP contribution in [0.15, 0.2) is 24.3 Å². The molecule has 0 saturated carbocycles. The Morgan fingerprint density at radius 1 is 1.35 bits per heavy atom. The molecule has 0 amide bonds. The summed E-state index contributed by atoms with van der Waals surface area (Å²) in [5.41, 5.74) is 0.965. The Labute approximate surface area is 103 Å². The van der Waals surface area contributed by atoms with Crippen LogP contribution in [0.2, 0.25) is 0 Å². The van der Waals surface area contributed by atoms with E-state index in [0.29, 0.717) is 0 Å². The normalized spacial score (nSPS) is 12.2. The number of ether oxygens (including phenoxy) is 1. The summed E-state index contributed by atoms with van der Waals surface area (Å²) >= 11 is 0. The summed E-state index contributed by atoms with van der Waals surface area (Å²) in [6.45, 7) is 1.70. The van der Waals surface area contributed by atoms with Crippen LogP contribution in [0.5, 0.6) is 5.75 Å². The summed E-state index contributed by atoms with van der Waals surface area (Å²) in [5.74, 6) is 0.804. The van der Waals surface area contributed by atoms with Gasteiger partial charge in [0.2, 0.25) is 0 Å². The lowest BCUT2D eigenvalue weighted by atomic mass is 10.1. The third kappa shape index (κ3) is 4.43. The molecule has 17 heavy (non-hydrogen) atoms. The van der Waals surface area contributed by atoms with Gasteiger partial charge in [0.25, 0.3) is 0 Å². The van der Waals surface area contributed by atoms with Crippen LogP contribution in [-0.2, 0) is 0 Å². The molecular weight excluding hydrogens is 214 g/mol. The summed E-state index contributed by atoms with van der Waals surface area (Å²) in [4.78, 5) is 2.08. The van der Waals surface area contributed by atoms with Crippen molar-refractivity contribution < 1.29 is 4.74 Å². The Hall–Kier alpha value is -1.57. The van der Waals surface area contributed by atoms with Crippen LogP contribution >= 0.6 is 0 Å². The number of benzene rings is 1. The molecule has 0 aliphatic heterocycles. The zero-order valence-electron chi connectivity index (χ0n) is 10.6. The number of rotatable bonds is 6. The number of nitrogens with zero attached hydrogens (tertiary/aromatic N) is 2. The third-order valence-electron chi connectivity index (χ3n) is 2.49. The molecule has 1 atom stereocenters. The van der Waals surface area contributed by atoms with Crippen LogP contribution in [0.4, 0.5) is 0 Å². The molecule has 0 saturated heterocycles. The van der Waals surface area contributed by atoms with Gasteiger partial charge >= 0.3 is 0 Å². The molecule has 0 aliphatic rings. The number of nitriles is 1. The fourth-order valence-corrected chi connectivity index (χ4v) is 1.47. The molecule has 1 rings (SSSR count). The van der Waals surface area contributed by atoms with Gasteiger partial charge in [-0.15, -0.1) is 0 Å². The van der Waals surface area contributed by atoms with Gasteiger partial charge in [0.05, 0.1) is 13.2 Å². The highest BCUT2D eigenvalue weighted by molar-refractivity contribution is 5.31. The zero-order valence-corrected chi connectivity index (χ0v) is 10.6. The van der Waals surface area contributed by atoms with Crippen molar-refractivity contribution in [2.75, 3.05) is 34.3 Å². The van der Waals surface area contributed by atoms with E-state index in [0.717, 1.165) is 24.4 Å². The maximum absolute atomic E-state index is 9.11. The Morgan fingerprint density at radius 3 is 2.47 bits per heavy atom. The molecule has 4 nitrogen and oxygen atoms in total. The van der Waals surface area contributed by atoms with Gasteiger partial charge < -0.3 is 9.64 Å². The van der Waals surface area contributed by atoms with E-state index in [-0.39, 0.29) is 6.04 Å². The molecule has 1 N–H and O–H groups in total. The van der Waals surface area contributed by atoms with Gasteiger partial charge in [-0.1, -0.05) is 12.1 Å². The van der Waals surface area contributed by atoms with Crippen LogP contribution in [0.25, 0.3) is 0 Å². The predicted molar refractivity (Wildman–Crippen MR) is 67.9 cm³/mol. The highest BCUT2D eigenvalue weighted by atomic mass is 16.5. The number of nitrogens with one attached hydrogen (secondary N) is 1. The van der Waals surface area contributed by atoms with E-state index >= 15 is 0 Å². The van der Waals surface area contributed by atoms with Crippen LogP contribution in [-0.4, -0.2) is 39.2 Å². The number of hydrogen-bond acceptors (Lipinski definition) is 4. The SMILES string of the molecule is COc1ccc(C(C#N)NCCN(C)C)cc1. The number of likely N-dealkylation sites (N-methyl/N-ethyl adjacent to an activating group) is 1. The Bertz CT molecular complexity index is 367. The zero-order chi connectivity index (χ0) is 12.7. The molecule has 1 unspecified atom stereocenters. The molecule has 1 aromatic carbocycles. The Kier molecular flexibility index (Phi) is 5.47. The lowest BCUT2D eigenvalue weighted by molar-refractivity contribution is 0.394. The van der Waals surface area contributed by atoms with E-state index in [4.69, 9.17) is 10.00 Å². The first kappa shape index (κ1) is 13.5. The predicted octanol–water partition coefficient (Wildman–Crippen LogP) is 1.41. The summed E-state index contributed by atoms with van der Waals surface area (Å²) < 4.78 is 5.09. The van der Waals surface area contributed by atoms with Crippen molar-refractivity contribution in [3.63, 3.8) is 0 Å². The molecule has 0 aliphatic carbocycles. The largest absolute Gasteiger partial charge is 0.497 e. The van der Waals surface area contributed by atoms with Crippen molar-refractivity contribution in [3.8, 4) is 11.8 Å². The van der Waals surface area contributed by atoms with Crippen molar-refractivity contribution >= 4 is 0 Å². The minimum atomic E-state index is -0.263. The molecule has 0 bridgehead atoms. The molecule has 92 valence electrons. The van der Waals surface area contributed by atoms with Crippen LogP contribution < -0.4 is 10.1 Å². The maximum Gasteiger partial charge on any atom is 0.121 e. The lowest BCUT2D eigenvalue weighted by Crippen LogP contribution is -2.29. The van der Waals surface area contributed by atoms with Gasteiger partial charge in [0, 0.05) is 13.1 Å². The molecule has 1 aromatic rings. The van der Waals surface area contributed by atoms with Gasteiger partial charge in [-0.05, 0) is 31.8 Å². The van der Waals surface area contributed by atoms with Crippen molar-refractivity contribution in [2.24, 2.45) is 0 Å². The second-order valence-corrected chi connectivity index (χ2v) is 4.09. The standard InChI is InChI=1S/C13H19N3O/c1-16(2)9-8-15-13(10-14)11-4-6-12(17-3)7-5-11/h4-7,13,15H,8-9H2,1-3H3. The Morgan fingerprint density at radius 2 is 2.00 bits per heavy atom. The highest BCUT2D eigenvalue weighted by Crippen LogP contribution is 2.16. The van der Waals surface area contributed by atoms with Gasteiger partial charge in [0.15, 0.2) is 0 Å². The molecular formula is C13H19N3O. The molecule has 0 spiro atoms. The first-order chi connectivity index (χ1) is 8.17. The third-order valence-corrected chi connectivity index (χ3v) is 2.49. The van der Waals surface area contributed by atoms with Crippen LogP contribution in [0.3, 0.4) is 0 Å². The summed E-state index contributed by atoms with van der Waals surface area (Å²) in [6.07, 6.45) is 0. The molecule has 0 fully saturated rings. The second kappa shape index (κ2) is 6.89. The topological polar surface area (TPSA) is 48.3 Å². The molecule has 0 heterocycles. The van der Waals surface area contributed by atoms with E-state index in [9.17, 15) is 0 Å². The maximum atomic E-state index is 9.11.